The Balaban J connectivity index is 1.92. The number of carboxylic acids is 1. The van der Waals surface area contributed by atoms with Gasteiger partial charge < -0.3 is 10.0 Å². The first-order chi connectivity index (χ1) is 12.7. The Morgan fingerprint density at radius 1 is 1.22 bits per heavy atom. The van der Waals surface area contributed by atoms with Crippen LogP contribution in [-0.4, -0.2) is 53.4 Å². The summed E-state index contributed by atoms with van der Waals surface area (Å²) >= 11 is 13.8. The van der Waals surface area contributed by atoms with Gasteiger partial charge in [-0.15, -0.1) is 0 Å². The van der Waals surface area contributed by atoms with Gasteiger partial charge in [0.05, 0.1) is 33.3 Å². The molecule has 0 aliphatic carbocycles. The van der Waals surface area contributed by atoms with E-state index in [0.717, 1.165) is 0 Å². The zero-order valence-corrected chi connectivity index (χ0v) is 17.1. The third-order valence-corrected chi connectivity index (χ3v) is 8.07. The second-order valence-electron chi connectivity index (χ2n) is 6.28. The summed E-state index contributed by atoms with van der Waals surface area (Å²) in [4.78, 5) is 28.5. The SMILES string of the molecule is O=C(O)CCCC(=O)N=C1S[C@H]2CS(=O)(=O)C[C@@H]2N1c1c(Cl)cccc1Cl. The Kier molecular flexibility index (Phi) is 6.05. The number of carboxylic acid groups (broad SMARTS) is 1. The molecule has 146 valence electrons. The summed E-state index contributed by atoms with van der Waals surface area (Å²) in [5.41, 5.74) is 0.426. The summed E-state index contributed by atoms with van der Waals surface area (Å²) in [6.07, 6.45) is 0.0606. The zero-order chi connectivity index (χ0) is 19.8. The van der Waals surface area contributed by atoms with Crippen LogP contribution in [0, 0.1) is 0 Å². The Bertz CT molecular complexity index is 899. The van der Waals surface area contributed by atoms with Crippen LogP contribution in [0.15, 0.2) is 23.2 Å². The molecule has 27 heavy (non-hydrogen) atoms. The lowest BCUT2D eigenvalue weighted by atomic mass is 10.2. The number of nitrogens with zero attached hydrogens (tertiary/aromatic N) is 2. The van der Waals surface area contributed by atoms with Crippen molar-refractivity contribution in [3.8, 4) is 0 Å². The van der Waals surface area contributed by atoms with Crippen LogP contribution in [-0.2, 0) is 19.4 Å². The molecule has 1 aromatic carbocycles. The number of anilines is 1. The number of benzene rings is 1. The number of carbonyl (C=O) groups excluding carboxylic acids is 1. The predicted molar refractivity (Wildman–Crippen MR) is 107 cm³/mol. The van der Waals surface area contributed by atoms with Crippen LogP contribution in [0.25, 0.3) is 0 Å². The van der Waals surface area contributed by atoms with Crippen molar-refractivity contribution >= 4 is 67.5 Å². The number of hydrogen-bond acceptors (Lipinski definition) is 5. The molecule has 0 radical (unpaired) electrons. The van der Waals surface area contributed by atoms with Gasteiger partial charge in [-0.25, -0.2) is 8.42 Å². The molecule has 7 nitrogen and oxygen atoms in total. The lowest BCUT2D eigenvalue weighted by Gasteiger charge is -2.26. The predicted octanol–water partition coefficient (Wildman–Crippen LogP) is 2.85. The molecule has 3 rings (SSSR count). The minimum atomic E-state index is -3.20. The van der Waals surface area contributed by atoms with Gasteiger partial charge in [-0.3, -0.25) is 9.59 Å². The van der Waals surface area contributed by atoms with Gasteiger partial charge in [-0.1, -0.05) is 41.0 Å². The van der Waals surface area contributed by atoms with Gasteiger partial charge in [0.25, 0.3) is 0 Å². The maximum atomic E-state index is 12.2. The number of amidine groups is 1. The number of halogens is 2. The van der Waals surface area contributed by atoms with Gasteiger partial charge in [-0.2, -0.15) is 4.99 Å². The summed E-state index contributed by atoms with van der Waals surface area (Å²) in [6, 6.07) is 4.53. The molecule has 2 saturated heterocycles. The number of sulfone groups is 1. The van der Waals surface area contributed by atoms with Gasteiger partial charge >= 0.3 is 5.97 Å². The number of rotatable bonds is 5. The lowest BCUT2D eigenvalue weighted by Crippen LogP contribution is -2.38. The van der Waals surface area contributed by atoms with Crippen molar-refractivity contribution in [1.29, 1.82) is 0 Å². The minimum Gasteiger partial charge on any atom is -0.481 e. The zero-order valence-electron chi connectivity index (χ0n) is 14.0. The van der Waals surface area contributed by atoms with Crippen molar-refractivity contribution in [3.63, 3.8) is 0 Å². The quantitative estimate of drug-likeness (QED) is 0.734. The second kappa shape index (κ2) is 7.98. The van der Waals surface area contributed by atoms with Crippen molar-refractivity contribution in [2.45, 2.75) is 30.6 Å². The number of aliphatic carboxylic acids is 1. The molecule has 2 fully saturated rings. The largest absolute Gasteiger partial charge is 0.481 e. The maximum Gasteiger partial charge on any atom is 0.303 e. The molecular formula is C16H16Cl2N2O5S2. The summed E-state index contributed by atoms with van der Waals surface area (Å²) < 4.78 is 24.1. The number of thioether (sulfide) groups is 1. The molecule has 0 saturated carbocycles. The number of carbonyl (C=O) groups is 2. The highest BCUT2D eigenvalue weighted by molar-refractivity contribution is 8.16. The summed E-state index contributed by atoms with van der Waals surface area (Å²) in [7, 11) is -3.20. The van der Waals surface area contributed by atoms with Gasteiger partial charge in [-0.05, 0) is 18.6 Å². The Morgan fingerprint density at radius 3 is 2.52 bits per heavy atom. The standard InChI is InChI=1S/C16H16Cl2N2O5S2/c17-9-3-1-4-10(18)15(9)20-11-7-27(24,25)8-12(11)26-16(20)19-13(21)5-2-6-14(22)23/h1,3-4,11-12H,2,5-8H2,(H,22,23)/t11-,12-/m0/s1. The summed E-state index contributed by atoms with van der Waals surface area (Å²) in [6.45, 7) is 0. The topological polar surface area (TPSA) is 104 Å². The molecule has 2 aliphatic heterocycles. The average molecular weight is 451 g/mol. The number of fused-ring (bicyclic) bond motifs is 1. The highest BCUT2D eigenvalue weighted by Gasteiger charge is 2.50. The van der Waals surface area contributed by atoms with Crippen molar-refractivity contribution in [2.24, 2.45) is 4.99 Å². The minimum absolute atomic E-state index is 0.00587. The molecule has 0 spiro atoms. The van der Waals surface area contributed by atoms with Crippen LogP contribution in [0.1, 0.15) is 19.3 Å². The third-order valence-electron chi connectivity index (χ3n) is 4.25. The molecule has 1 aromatic rings. The molecule has 0 aromatic heterocycles. The maximum absolute atomic E-state index is 12.2. The van der Waals surface area contributed by atoms with Crippen LogP contribution in [0.5, 0.6) is 0 Å². The molecule has 0 unspecified atom stereocenters. The molecular weight excluding hydrogens is 435 g/mol. The average Bonchev–Trinajstić information content (AvgIpc) is 2.99. The Labute approximate surface area is 170 Å². The van der Waals surface area contributed by atoms with Crippen molar-refractivity contribution in [1.82, 2.24) is 0 Å². The lowest BCUT2D eigenvalue weighted by molar-refractivity contribution is -0.137. The van der Waals surface area contributed by atoms with Crippen molar-refractivity contribution in [2.75, 3.05) is 16.4 Å². The summed E-state index contributed by atoms with van der Waals surface area (Å²) in [5, 5.41) is 9.41. The van der Waals surface area contributed by atoms with Crippen LogP contribution >= 0.6 is 35.0 Å². The van der Waals surface area contributed by atoms with E-state index in [1.165, 1.54) is 11.8 Å². The van der Waals surface area contributed by atoms with Gasteiger partial charge in [0.2, 0.25) is 5.91 Å². The van der Waals surface area contributed by atoms with Gasteiger partial charge in [0.15, 0.2) is 15.0 Å². The second-order valence-corrected chi connectivity index (χ2v) is 10.5. The highest BCUT2D eigenvalue weighted by Crippen LogP contribution is 2.45. The van der Waals surface area contributed by atoms with Crippen LogP contribution in [0.4, 0.5) is 5.69 Å². The van der Waals surface area contributed by atoms with Crippen LogP contribution in [0.3, 0.4) is 0 Å². The molecule has 1 amide bonds. The first-order valence-electron chi connectivity index (χ1n) is 8.11. The monoisotopic (exact) mass is 450 g/mol. The fourth-order valence-corrected chi connectivity index (χ4v) is 7.60. The van der Waals surface area contributed by atoms with Gasteiger partial charge in [0, 0.05) is 18.1 Å². The molecule has 2 aliphatic rings. The van der Waals surface area contributed by atoms with E-state index in [2.05, 4.69) is 4.99 Å². The molecule has 2 heterocycles. The van der Waals surface area contributed by atoms with Crippen molar-refractivity contribution < 1.29 is 23.1 Å². The molecule has 11 heteroatoms. The summed E-state index contributed by atoms with van der Waals surface area (Å²) in [5.74, 6) is -1.52. The number of aliphatic imine (C=N–C) groups is 1. The Morgan fingerprint density at radius 2 is 1.89 bits per heavy atom. The van der Waals surface area contributed by atoms with E-state index in [1.54, 1.807) is 23.1 Å². The number of amides is 1. The first kappa shape index (κ1) is 20.4. The van der Waals surface area contributed by atoms with E-state index >= 15 is 0 Å². The molecule has 2 atom stereocenters. The fourth-order valence-electron chi connectivity index (χ4n) is 3.10. The van der Waals surface area contributed by atoms with E-state index in [1.807, 2.05) is 0 Å². The van der Waals surface area contributed by atoms with E-state index in [9.17, 15) is 18.0 Å². The van der Waals surface area contributed by atoms with E-state index < -0.39 is 27.8 Å². The number of hydrogen-bond donors (Lipinski definition) is 1. The van der Waals surface area contributed by atoms with Crippen LogP contribution < -0.4 is 4.90 Å². The van der Waals surface area contributed by atoms with Gasteiger partial charge in [0.1, 0.15) is 0 Å². The normalized spacial score (nSPS) is 25.0. The molecule has 0 bridgehead atoms. The van der Waals surface area contributed by atoms with Crippen LogP contribution in [0.2, 0.25) is 10.0 Å². The Hall–Kier alpha value is -1.29. The van der Waals surface area contributed by atoms with Crippen molar-refractivity contribution in [3.05, 3.63) is 28.2 Å². The third kappa shape index (κ3) is 4.59. The van der Waals surface area contributed by atoms with E-state index in [0.29, 0.717) is 20.9 Å². The fraction of sp³-hybridized carbons (Fsp3) is 0.438. The smallest absolute Gasteiger partial charge is 0.303 e. The number of para-hydroxylation sites is 1. The molecule has 1 N–H and O–H groups in total. The highest BCUT2D eigenvalue weighted by atomic mass is 35.5. The first-order valence-corrected chi connectivity index (χ1v) is 11.6. The van der Waals surface area contributed by atoms with E-state index in [4.69, 9.17) is 28.3 Å². The van der Waals surface area contributed by atoms with E-state index in [-0.39, 0.29) is 36.0 Å².